The predicted molar refractivity (Wildman–Crippen MR) is 104 cm³/mol. The van der Waals surface area contributed by atoms with Gasteiger partial charge in [-0.2, -0.15) is 0 Å². The van der Waals surface area contributed by atoms with Gasteiger partial charge in [-0.15, -0.1) is 12.4 Å². The summed E-state index contributed by atoms with van der Waals surface area (Å²) in [6, 6.07) is 8.87. The minimum atomic E-state index is -0.0509. The van der Waals surface area contributed by atoms with E-state index in [0.29, 0.717) is 13.0 Å². The molecule has 0 aliphatic heterocycles. The summed E-state index contributed by atoms with van der Waals surface area (Å²) in [5, 5.41) is 0. The zero-order chi connectivity index (χ0) is 16.8. The summed E-state index contributed by atoms with van der Waals surface area (Å²) in [5.41, 5.74) is 8.32. The molecule has 0 spiro atoms. The summed E-state index contributed by atoms with van der Waals surface area (Å²) in [7, 11) is 0. The average Bonchev–Trinajstić information content (AvgIpc) is 2.55. The van der Waals surface area contributed by atoms with Crippen molar-refractivity contribution in [1.82, 2.24) is 0 Å². The van der Waals surface area contributed by atoms with Crippen molar-refractivity contribution in [3.63, 3.8) is 0 Å². The molecule has 0 aliphatic rings. The van der Waals surface area contributed by atoms with Crippen LogP contribution in [0.2, 0.25) is 0 Å². The van der Waals surface area contributed by atoms with Crippen molar-refractivity contribution in [2.24, 2.45) is 5.73 Å². The van der Waals surface area contributed by atoms with Crippen molar-refractivity contribution in [3.05, 3.63) is 35.4 Å². The Morgan fingerprint density at radius 3 is 1.92 bits per heavy atom. The number of benzene rings is 1. The summed E-state index contributed by atoms with van der Waals surface area (Å²) in [6.07, 6.45) is 11.2. The Hall–Kier alpha value is -1.06. The first kappa shape index (κ1) is 22.9. The highest BCUT2D eigenvalue weighted by molar-refractivity contribution is 5.85. The number of carbonyl (C=O) groups is 1. The lowest BCUT2D eigenvalue weighted by molar-refractivity contribution is -0.143. The summed E-state index contributed by atoms with van der Waals surface area (Å²) in [5.74, 6) is -0.0509. The molecule has 0 amide bonds. The van der Waals surface area contributed by atoms with Crippen LogP contribution in [0.1, 0.15) is 69.4 Å². The van der Waals surface area contributed by atoms with Crippen LogP contribution in [0.4, 0.5) is 0 Å². The SMILES string of the molecule is CCOC(=O)CCCCCCCCCc1ccc(CCN)cc1.Cl. The van der Waals surface area contributed by atoms with Crippen LogP contribution < -0.4 is 5.73 Å². The van der Waals surface area contributed by atoms with E-state index in [-0.39, 0.29) is 18.4 Å². The number of nitrogens with two attached hydrogens (primary N) is 1. The second-order valence-corrected chi connectivity index (χ2v) is 6.14. The number of hydrogen-bond donors (Lipinski definition) is 1. The van der Waals surface area contributed by atoms with Crippen molar-refractivity contribution in [1.29, 1.82) is 0 Å². The average molecular weight is 356 g/mol. The number of hydrogen-bond acceptors (Lipinski definition) is 3. The van der Waals surface area contributed by atoms with Crippen molar-refractivity contribution < 1.29 is 9.53 Å². The smallest absolute Gasteiger partial charge is 0.305 e. The summed E-state index contributed by atoms with van der Waals surface area (Å²) in [6.45, 7) is 3.07. The molecule has 0 heterocycles. The van der Waals surface area contributed by atoms with Gasteiger partial charge in [0.1, 0.15) is 0 Å². The monoisotopic (exact) mass is 355 g/mol. The van der Waals surface area contributed by atoms with Gasteiger partial charge in [-0.1, -0.05) is 56.4 Å². The fraction of sp³-hybridized carbons (Fsp3) is 0.650. The van der Waals surface area contributed by atoms with Crippen molar-refractivity contribution >= 4 is 18.4 Å². The Kier molecular flexibility index (Phi) is 14.8. The maximum Gasteiger partial charge on any atom is 0.305 e. The third kappa shape index (κ3) is 11.5. The molecule has 138 valence electrons. The normalized spacial score (nSPS) is 10.2. The Bertz CT molecular complexity index is 420. The zero-order valence-corrected chi connectivity index (χ0v) is 15.9. The van der Waals surface area contributed by atoms with Gasteiger partial charge in [0.25, 0.3) is 0 Å². The number of ether oxygens (including phenoxy) is 1. The molecule has 0 atom stereocenters. The molecule has 3 nitrogen and oxygen atoms in total. The number of unbranched alkanes of at least 4 members (excludes halogenated alkanes) is 6. The lowest BCUT2D eigenvalue weighted by atomic mass is 10.0. The highest BCUT2D eigenvalue weighted by Crippen LogP contribution is 2.12. The maximum absolute atomic E-state index is 11.2. The highest BCUT2D eigenvalue weighted by atomic mass is 35.5. The van der Waals surface area contributed by atoms with Crippen LogP contribution >= 0.6 is 12.4 Å². The molecule has 1 aromatic carbocycles. The third-order valence-electron chi connectivity index (χ3n) is 4.11. The number of carbonyl (C=O) groups excluding carboxylic acids is 1. The number of esters is 1. The number of aryl methyl sites for hydroxylation is 1. The molecule has 0 aromatic heterocycles. The minimum absolute atomic E-state index is 0. The van der Waals surface area contributed by atoms with Crippen molar-refractivity contribution in [3.8, 4) is 0 Å². The molecule has 0 radical (unpaired) electrons. The second kappa shape index (κ2) is 15.5. The molecule has 2 N–H and O–H groups in total. The number of rotatable bonds is 13. The van der Waals surface area contributed by atoms with E-state index in [0.717, 1.165) is 25.8 Å². The lowest BCUT2D eigenvalue weighted by Crippen LogP contribution is -2.03. The maximum atomic E-state index is 11.2. The quantitative estimate of drug-likeness (QED) is 0.407. The first-order chi connectivity index (χ1) is 11.3. The van der Waals surface area contributed by atoms with Crippen LogP contribution in [0.3, 0.4) is 0 Å². The van der Waals surface area contributed by atoms with Gasteiger partial charge in [-0.3, -0.25) is 4.79 Å². The molecule has 24 heavy (non-hydrogen) atoms. The van der Waals surface area contributed by atoms with E-state index in [4.69, 9.17) is 10.5 Å². The standard InChI is InChI=1S/C20H33NO2.ClH/c1-2-23-20(22)11-9-7-5-3-4-6-8-10-18-12-14-19(15-13-18)16-17-21;/h12-15H,2-11,16-17,21H2,1H3;1H. The van der Waals surface area contributed by atoms with E-state index in [1.807, 2.05) is 6.92 Å². The Labute approximate surface area is 153 Å². The van der Waals surface area contributed by atoms with E-state index >= 15 is 0 Å². The van der Waals surface area contributed by atoms with Gasteiger partial charge in [-0.05, 0) is 50.3 Å². The van der Waals surface area contributed by atoms with Gasteiger partial charge in [0.15, 0.2) is 0 Å². The van der Waals surface area contributed by atoms with Crippen molar-refractivity contribution in [2.75, 3.05) is 13.2 Å². The van der Waals surface area contributed by atoms with E-state index in [2.05, 4.69) is 24.3 Å². The van der Waals surface area contributed by atoms with Gasteiger partial charge in [0, 0.05) is 6.42 Å². The van der Waals surface area contributed by atoms with Crippen LogP contribution in [0.15, 0.2) is 24.3 Å². The molecule has 0 bridgehead atoms. The molecule has 0 saturated heterocycles. The molecular formula is C20H34ClNO2. The van der Waals surface area contributed by atoms with E-state index in [1.165, 1.54) is 49.7 Å². The minimum Gasteiger partial charge on any atom is -0.466 e. The summed E-state index contributed by atoms with van der Waals surface area (Å²) >= 11 is 0. The third-order valence-corrected chi connectivity index (χ3v) is 4.11. The zero-order valence-electron chi connectivity index (χ0n) is 15.1. The van der Waals surface area contributed by atoms with Crippen LogP contribution in [-0.2, 0) is 22.4 Å². The summed E-state index contributed by atoms with van der Waals surface area (Å²) < 4.78 is 4.92. The second-order valence-electron chi connectivity index (χ2n) is 6.14. The molecule has 1 rings (SSSR count). The molecule has 0 saturated carbocycles. The number of halogens is 1. The van der Waals surface area contributed by atoms with Crippen LogP contribution in [0.25, 0.3) is 0 Å². The fourth-order valence-electron chi connectivity index (χ4n) is 2.75. The van der Waals surface area contributed by atoms with E-state index in [1.54, 1.807) is 0 Å². The summed E-state index contributed by atoms with van der Waals surface area (Å²) in [4.78, 5) is 11.2. The molecule has 1 aromatic rings. The Morgan fingerprint density at radius 1 is 0.875 bits per heavy atom. The largest absolute Gasteiger partial charge is 0.466 e. The van der Waals surface area contributed by atoms with E-state index < -0.39 is 0 Å². The Balaban J connectivity index is 0.00000529. The lowest BCUT2D eigenvalue weighted by Gasteiger charge is -2.04. The Morgan fingerprint density at radius 2 is 1.38 bits per heavy atom. The molecule has 0 unspecified atom stereocenters. The van der Waals surface area contributed by atoms with Crippen LogP contribution in [-0.4, -0.2) is 19.1 Å². The van der Waals surface area contributed by atoms with Crippen LogP contribution in [0, 0.1) is 0 Å². The van der Waals surface area contributed by atoms with Crippen molar-refractivity contribution in [2.45, 2.75) is 71.1 Å². The molecular weight excluding hydrogens is 322 g/mol. The van der Waals surface area contributed by atoms with Gasteiger partial charge in [0.2, 0.25) is 0 Å². The highest BCUT2D eigenvalue weighted by Gasteiger charge is 2.00. The molecule has 4 heteroatoms. The van der Waals surface area contributed by atoms with Gasteiger partial charge in [0.05, 0.1) is 6.61 Å². The van der Waals surface area contributed by atoms with Gasteiger partial charge >= 0.3 is 5.97 Å². The molecule has 0 aliphatic carbocycles. The first-order valence-electron chi connectivity index (χ1n) is 9.19. The fourth-order valence-corrected chi connectivity index (χ4v) is 2.75. The topological polar surface area (TPSA) is 52.3 Å². The van der Waals surface area contributed by atoms with E-state index in [9.17, 15) is 4.79 Å². The van der Waals surface area contributed by atoms with Gasteiger partial charge in [-0.25, -0.2) is 0 Å². The predicted octanol–water partition coefficient (Wildman–Crippen LogP) is 4.84. The first-order valence-corrected chi connectivity index (χ1v) is 9.19. The van der Waals surface area contributed by atoms with Gasteiger partial charge < -0.3 is 10.5 Å². The molecule has 0 fully saturated rings. The van der Waals surface area contributed by atoms with Crippen LogP contribution in [0.5, 0.6) is 0 Å².